The lowest BCUT2D eigenvalue weighted by molar-refractivity contribution is 0.461. The van der Waals surface area contributed by atoms with Crippen LogP contribution < -0.4 is 10.5 Å². The molecule has 0 unspecified atom stereocenters. The Morgan fingerprint density at radius 1 is 1.05 bits per heavy atom. The number of hydrogen-bond acceptors (Lipinski definition) is 3. The monoisotopic (exact) mass is 561 g/mol. The van der Waals surface area contributed by atoms with Crippen molar-refractivity contribution in [2.75, 3.05) is 6.54 Å². The molecule has 0 amide bonds. The van der Waals surface area contributed by atoms with Crippen molar-refractivity contribution in [3.8, 4) is 17.2 Å². The minimum atomic E-state index is 0. The van der Waals surface area contributed by atoms with E-state index in [1.807, 2.05) is 0 Å². The third kappa shape index (κ3) is 4.74. The molecule has 2 aromatic carbocycles. The molecule has 0 aliphatic carbocycles. The molecule has 0 saturated heterocycles. The van der Waals surface area contributed by atoms with Crippen molar-refractivity contribution in [3.63, 3.8) is 0 Å². The van der Waals surface area contributed by atoms with Crippen molar-refractivity contribution in [1.29, 1.82) is 0 Å². The van der Waals surface area contributed by atoms with Gasteiger partial charge in [0.2, 0.25) is 0 Å². The van der Waals surface area contributed by atoms with Crippen molar-refractivity contribution in [2.24, 2.45) is 5.73 Å². The first kappa shape index (κ1) is 18.0. The lowest BCUT2D eigenvalue weighted by Crippen LogP contribution is -2.03. The summed E-state index contributed by atoms with van der Waals surface area (Å²) in [5.41, 5.74) is 6.79. The van der Waals surface area contributed by atoms with E-state index in [1.165, 1.54) is 5.56 Å². The van der Waals surface area contributed by atoms with Crippen LogP contribution in [0.4, 0.5) is 0 Å². The Morgan fingerprint density at radius 2 is 1.60 bits per heavy atom. The van der Waals surface area contributed by atoms with E-state index >= 15 is 0 Å². The summed E-state index contributed by atoms with van der Waals surface area (Å²) in [6, 6.07) is 10.9. The number of benzene rings is 2. The predicted octanol–water partition coefficient (Wildman–Crippen LogP) is 4.47. The highest BCUT2D eigenvalue weighted by Crippen LogP contribution is 2.33. The average molecular weight is 562 g/mol. The fourth-order valence-corrected chi connectivity index (χ4v) is 3.77. The summed E-state index contributed by atoms with van der Waals surface area (Å²) in [6.45, 7) is 0.643. The second-order valence-corrected chi connectivity index (χ2v) is 6.35. The highest BCUT2D eigenvalue weighted by atomic mass is 127. The van der Waals surface area contributed by atoms with Crippen LogP contribution in [0.1, 0.15) is 5.56 Å². The molecule has 3 nitrogen and oxygen atoms in total. The Kier molecular flexibility index (Phi) is 7.56. The number of aromatic hydroxyl groups is 1. The topological polar surface area (TPSA) is 55.5 Å². The molecule has 0 spiro atoms. The van der Waals surface area contributed by atoms with Gasteiger partial charge in [-0.15, -0.1) is 17.0 Å². The van der Waals surface area contributed by atoms with Crippen LogP contribution in [0.15, 0.2) is 36.4 Å². The third-order valence-corrected chi connectivity index (χ3v) is 4.15. The molecule has 0 atom stereocenters. The lowest BCUT2D eigenvalue weighted by atomic mass is 10.1. The van der Waals surface area contributed by atoms with Gasteiger partial charge in [0.05, 0.1) is 7.14 Å². The molecule has 108 valence electrons. The van der Waals surface area contributed by atoms with Gasteiger partial charge in [0, 0.05) is 0 Å². The van der Waals surface area contributed by atoms with E-state index in [1.54, 1.807) is 24.3 Å². The highest BCUT2D eigenvalue weighted by Gasteiger charge is 2.10. The first-order valence-electron chi connectivity index (χ1n) is 5.75. The smallest absolute Gasteiger partial charge is 0.154 e. The van der Waals surface area contributed by atoms with E-state index in [0.29, 0.717) is 12.3 Å². The Bertz CT molecular complexity index is 553. The molecule has 0 fully saturated rings. The zero-order chi connectivity index (χ0) is 13.8. The Labute approximate surface area is 156 Å². The molecular formula is C14H14BrI2NO2. The van der Waals surface area contributed by atoms with Gasteiger partial charge in [0.15, 0.2) is 5.75 Å². The van der Waals surface area contributed by atoms with E-state index in [-0.39, 0.29) is 22.7 Å². The van der Waals surface area contributed by atoms with Gasteiger partial charge in [-0.1, -0.05) is 0 Å². The summed E-state index contributed by atoms with van der Waals surface area (Å²) in [5, 5.41) is 9.26. The Morgan fingerprint density at radius 3 is 2.10 bits per heavy atom. The van der Waals surface area contributed by atoms with E-state index in [0.717, 1.165) is 19.3 Å². The average Bonchev–Trinajstić information content (AvgIpc) is 2.36. The normalized spacial score (nSPS) is 9.95. The zero-order valence-corrected chi connectivity index (χ0v) is 16.5. The van der Waals surface area contributed by atoms with Gasteiger partial charge in [0.25, 0.3) is 0 Å². The summed E-state index contributed by atoms with van der Waals surface area (Å²) < 4.78 is 7.98. The van der Waals surface area contributed by atoms with E-state index in [2.05, 4.69) is 57.3 Å². The highest BCUT2D eigenvalue weighted by molar-refractivity contribution is 14.1. The van der Waals surface area contributed by atoms with Crippen molar-refractivity contribution < 1.29 is 9.84 Å². The first-order valence-corrected chi connectivity index (χ1v) is 7.91. The van der Waals surface area contributed by atoms with E-state index in [4.69, 9.17) is 10.5 Å². The maximum atomic E-state index is 9.26. The second kappa shape index (κ2) is 8.40. The van der Waals surface area contributed by atoms with E-state index < -0.39 is 0 Å². The molecule has 0 heterocycles. The van der Waals surface area contributed by atoms with Gasteiger partial charge in [0.1, 0.15) is 11.5 Å². The van der Waals surface area contributed by atoms with Gasteiger partial charge < -0.3 is 15.6 Å². The van der Waals surface area contributed by atoms with Crippen LogP contribution in [0.5, 0.6) is 17.2 Å². The molecule has 3 N–H and O–H groups in total. The predicted molar refractivity (Wildman–Crippen MR) is 103 cm³/mol. The number of ether oxygens (including phenoxy) is 1. The Hall–Kier alpha value is -0.0600. The number of nitrogens with two attached hydrogens (primary N) is 1. The summed E-state index contributed by atoms with van der Waals surface area (Å²) >= 11 is 4.53. The quantitative estimate of drug-likeness (QED) is 0.542. The summed E-state index contributed by atoms with van der Waals surface area (Å²) in [5.74, 6) is 1.78. The molecule has 0 bridgehead atoms. The number of phenols is 1. The lowest BCUT2D eigenvalue weighted by Gasteiger charge is -2.12. The minimum Gasteiger partial charge on any atom is -0.508 e. The molecule has 20 heavy (non-hydrogen) atoms. The van der Waals surface area contributed by atoms with E-state index in [9.17, 15) is 5.11 Å². The number of halogens is 3. The van der Waals surface area contributed by atoms with Crippen molar-refractivity contribution in [1.82, 2.24) is 0 Å². The molecule has 0 aliphatic heterocycles. The Balaban J connectivity index is 0.00000200. The zero-order valence-electron chi connectivity index (χ0n) is 10.5. The van der Waals surface area contributed by atoms with Crippen LogP contribution in [-0.4, -0.2) is 11.7 Å². The number of hydrogen-bond donors (Lipinski definition) is 2. The first-order chi connectivity index (χ1) is 9.10. The van der Waals surface area contributed by atoms with Crippen molar-refractivity contribution >= 4 is 62.2 Å². The van der Waals surface area contributed by atoms with Gasteiger partial charge >= 0.3 is 0 Å². The number of phenolic OH excluding ortho intramolecular Hbond substituents is 1. The fourth-order valence-electron chi connectivity index (χ4n) is 1.65. The van der Waals surface area contributed by atoms with Crippen LogP contribution in [0.2, 0.25) is 0 Å². The van der Waals surface area contributed by atoms with Gasteiger partial charge in [-0.25, -0.2) is 0 Å². The minimum absolute atomic E-state index is 0. The molecule has 2 rings (SSSR count). The molecule has 2 aromatic rings. The van der Waals surface area contributed by atoms with Crippen molar-refractivity contribution in [3.05, 3.63) is 49.1 Å². The summed E-state index contributed by atoms with van der Waals surface area (Å²) in [6.07, 6.45) is 0.867. The van der Waals surface area contributed by atoms with Gasteiger partial charge in [-0.3, -0.25) is 0 Å². The standard InChI is InChI=1S/C14H13I2NO2.BrH/c15-12-7-9(5-6-17)8-13(16)14(12)19-11-3-1-10(18)2-4-11;/h1-4,7-8,18H,5-6,17H2;1H. The van der Waals surface area contributed by atoms with Crippen LogP contribution in [0.25, 0.3) is 0 Å². The van der Waals surface area contributed by atoms with Gasteiger partial charge in [-0.05, 0) is 100 Å². The largest absolute Gasteiger partial charge is 0.508 e. The third-order valence-electron chi connectivity index (χ3n) is 2.55. The van der Waals surface area contributed by atoms with Gasteiger partial charge in [-0.2, -0.15) is 0 Å². The second-order valence-electron chi connectivity index (χ2n) is 4.02. The van der Waals surface area contributed by atoms with Crippen molar-refractivity contribution in [2.45, 2.75) is 6.42 Å². The molecule has 0 aliphatic rings. The van der Waals surface area contributed by atoms with Crippen LogP contribution in [-0.2, 0) is 6.42 Å². The molecule has 6 heteroatoms. The summed E-state index contributed by atoms with van der Waals surface area (Å²) in [4.78, 5) is 0. The molecule has 0 saturated carbocycles. The molecular weight excluding hydrogens is 548 g/mol. The van der Waals surface area contributed by atoms with Crippen LogP contribution in [0.3, 0.4) is 0 Å². The van der Waals surface area contributed by atoms with Crippen LogP contribution >= 0.6 is 62.2 Å². The maximum Gasteiger partial charge on any atom is 0.154 e. The van der Waals surface area contributed by atoms with Crippen LogP contribution in [0, 0.1) is 7.14 Å². The summed E-state index contributed by atoms with van der Waals surface area (Å²) in [7, 11) is 0. The fraction of sp³-hybridized carbons (Fsp3) is 0.143. The SMILES string of the molecule is Br.NCCc1cc(I)c(Oc2ccc(O)cc2)c(I)c1. The molecule has 0 radical (unpaired) electrons. The molecule has 0 aromatic heterocycles. The maximum absolute atomic E-state index is 9.26. The number of rotatable bonds is 4.